The lowest BCUT2D eigenvalue weighted by Gasteiger charge is -2.22. The van der Waals surface area contributed by atoms with Crippen LogP contribution in [0.1, 0.15) is 6.42 Å². The van der Waals surface area contributed by atoms with E-state index in [-0.39, 0.29) is 6.61 Å². The molecule has 0 aliphatic heterocycles. The molecule has 4 N–H and O–H groups in total. The number of hydrogen-bond acceptors (Lipinski definition) is 5. The van der Waals surface area contributed by atoms with Crippen molar-refractivity contribution in [2.24, 2.45) is 5.73 Å². The Morgan fingerprint density at radius 2 is 1.93 bits per heavy atom. The highest BCUT2D eigenvalue weighted by Gasteiger charge is 2.00. The van der Waals surface area contributed by atoms with Crippen molar-refractivity contribution in [3.8, 4) is 0 Å². The number of hydrazine groups is 1. The van der Waals surface area contributed by atoms with Crippen LogP contribution in [-0.4, -0.2) is 68.4 Å². The minimum atomic E-state index is 0.167. The predicted molar refractivity (Wildman–Crippen MR) is 58.9 cm³/mol. The Labute approximate surface area is 86.8 Å². The molecule has 0 spiro atoms. The molecule has 0 heterocycles. The first-order chi connectivity index (χ1) is 6.70. The van der Waals surface area contributed by atoms with Crippen molar-refractivity contribution in [1.29, 1.82) is 0 Å². The van der Waals surface area contributed by atoms with Gasteiger partial charge in [-0.25, -0.2) is 5.01 Å². The predicted octanol–water partition coefficient (Wildman–Crippen LogP) is -1.30. The van der Waals surface area contributed by atoms with E-state index in [1.165, 1.54) is 0 Å². The smallest absolute Gasteiger partial charge is 0.0572 e. The molecular weight excluding hydrogens is 180 g/mol. The zero-order valence-corrected chi connectivity index (χ0v) is 9.37. The van der Waals surface area contributed by atoms with Crippen LogP contribution in [0.3, 0.4) is 0 Å². The van der Waals surface area contributed by atoms with Gasteiger partial charge in [0.15, 0.2) is 0 Å². The standard InChI is InChI=1S/C9H24N4O/c1-12(2)6-3-5-11-13(7-4-10)8-9-14/h11,14H,3-10H2,1-2H3. The summed E-state index contributed by atoms with van der Waals surface area (Å²) in [5.41, 5.74) is 8.68. The quantitative estimate of drug-likeness (QED) is 0.322. The molecule has 0 bridgehead atoms. The van der Waals surface area contributed by atoms with Gasteiger partial charge in [-0.2, -0.15) is 0 Å². The summed E-state index contributed by atoms with van der Waals surface area (Å²) in [5.74, 6) is 0. The molecule has 0 rings (SSSR count). The Morgan fingerprint density at radius 1 is 1.21 bits per heavy atom. The summed E-state index contributed by atoms with van der Waals surface area (Å²) < 4.78 is 0. The second kappa shape index (κ2) is 9.36. The van der Waals surface area contributed by atoms with Gasteiger partial charge in [0.25, 0.3) is 0 Å². The third-order valence-corrected chi connectivity index (χ3v) is 1.89. The Morgan fingerprint density at radius 3 is 2.43 bits per heavy atom. The average Bonchev–Trinajstić information content (AvgIpc) is 2.12. The molecule has 0 aromatic carbocycles. The number of nitrogens with two attached hydrogens (primary N) is 1. The normalized spacial score (nSPS) is 11.6. The average molecular weight is 204 g/mol. The fraction of sp³-hybridized carbons (Fsp3) is 1.00. The van der Waals surface area contributed by atoms with Crippen LogP contribution in [0.15, 0.2) is 0 Å². The van der Waals surface area contributed by atoms with Gasteiger partial charge in [-0.05, 0) is 27.1 Å². The van der Waals surface area contributed by atoms with Crippen LogP contribution in [0, 0.1) is 0 Å². The highest BCUT2D eigenvalue weighted by atomic mass is 16.3. The lowest BCUT2D eigenvalue weighted by atomic mass is 10.4. The van der Waals surface area contributed by atoms with Gasteiger partial charge >= 0.3 is 0 Å². The monoisotopic (exact) mass is 204 g/mol. The second-order valence-electron chi connectivity index (χ2n) is 3.56. The van der Waals surface area contributed by atoms with Gasteiger partial charge in [-0.3, -0.25) is 5.43 Å². The van der Waals surface area contributed by atoms with Crippen molar-refractivity contribution in [1.82, 2.24) is 15.3 Å². The number of aliphatic hydroxyl groups excluding tert-OH is 1. The maximum absolute atomic E-state index is 8.78. The number of aliphatic hydroxyl groups is 1. The Kier molecular flexibility index (Phi) is 9.23. The molecule has 0 atom stereocenters. The van der Waals surface area contributed by atoms with Gasteiger partial charge in [0, 0.05) is 26.2 Å². The van der Waals surface area contributed by atoms with E-state index in [1.54, 1.807) is 0 Å². The fourth-order valence-corrected chi connectivity index (χ4v) is 1.18. The first-order valence-corrected chi connectivity index (χ1v) is 5.14. The molecule has 0 saturated carbocycles. The molecule has 5 heteroatoms. The van der Waals surface area contributed by atoms with Gasteiger partial charge in [-0.1, -0.05) is 0 Å². The third-order valence-electron chi connectivity index (χ3n) is 1.89. The molecule has 0 unspecified atom stereocenters. The summed E-state index contributed by atoms with van der Waals surface area (Å²) in [7, 11) is 4.12. The van der Waals surface area contributed by atoms with Gasteiger partial charge < -0.3 is 15.7 Å². The van der Waals surface area contributed by atoms with Crippen LogP contribution >= 0.6 is 0 Å². The topological polar surface area (TPSA) is 64.8 Å². The minimum absolute atomic E-state index is 0.167. The summed E-state index contributed by atoms with van der Waals surface area (Å²) in [6.45, 7) is 4.20. The third kappa shape index (κ3) is 8.40. The van der Waals surface area contributed by atoms with Gasteiger partial charge in [-0.15, -0.1) is 0 Å². The molecule has 0 aromatic heterocycles. The van der Waals surface area contributed by atoms with Crippen LogP contribution in [0.4, 0.5) is 0 Å². The first-order valence-electron chi connectivity index (χ1n) is 5.14. The zero-order chi connectivity index (χ0) is 10.8. The van der Waals surface area contributed by atoms with Crippen molar-refractivity contribution in [2.75, 3.05) is 53.4 Å². The summed E-state index contributed by atoms with van der Waals surface area (Å²) in [6, 6.07) is 0. The molecular formula is C9H24N4O. The molecule has 0 aromatic rings. The number of hydrogen-bond donors (Lipinski definition) is 3. The molecule has 0 fully saturated rings. The van der Waals surface area contributed by atoms with E-state index in [1.807, 2.05) is 5.01 Å². The van der Waals surface area contributed by atoms with E-state index < -0.39 is 0 Å². The molecule has 5 nitrogen and oxygen atoms in total. The van der Waals surface area contributed by atoms with Crippen LogP contribution in [0.2, 0.25) is 0 Å². The van der Waals surface area contributed by atoms with Gasteiger partial charge in [0.1, 0.15) is 0 Å². The Bertz CT molecular complexity index is 115. The first kappa shape index (κ1) is 13.8. The zero-order valence-electron chi connectivity index (χ0n) is 9.37. The summed E-state index contributed by atoms with van der Waals surface area (Å²) in [6.07, 6.45) is 1.10. The molecule has 86 valence electrons. The summed E-state index contributed by atoms with van der Waals surface area (Å²) >= 11 is 0. The summed E-state index contributed by atoms with van der Waals surface area (Å²) in [4.78, 5) is 2.15. The fourth-order valence-electron chi connectivity index (χ4n) is 1.18. The molecule has 0 amide bonds. The maximum Gasteiger partial charge on any atom is 0.0572 e. The SMILES string of the molecule is CN(C)CCCNN(CCN)CCO. The maximum atomic E-state index is 8.78. The van der Waals surface area contributed by atoms with E-state index >= 15 is 0 Å². The molecule has 14 heavy (non-hydrogen) atoms. The highest BCUT2D eigenvalue weighted by molar-refractivity contribution is 4.54. The van der Waals surface area contributed by atoms with Gasteiger partial charge in [0.2, 0.25) is 0 Å². The van der Waals surface area contributed by atoms with E-state index in [4.69, 9.17) is 10.8 Å². The van der Waals surface area contributed by atoms with E-state index in [9.17, 15) is 0 Å². The number of nitrogens with one attached hydrogen (secondary N) is 1. The van der Waals surface area contributed by atoms with Gasteiger partial charge in [0.05, 0.1) is 6.61 Å². The van der Waals surface area contributed by atoms with Crippen molar-refractivity contribution in [3.63, 3.8) is 0 Å². The van der Waals surface area contributed by atoms with E-state index in [0.29, 0.717) is 13.1 Å². The second-order valence-corrected chi connectivity index (χ2v) is 3.56. The minimum Gasteiger partial charge on any atom is -0.395 e. The van der Waals surface area contributed by atoms with E-state index in [2.05, 4.69) is 24.4 Å². The summed E-state index contributed by atoms with van der Waals surface area (Å²) in [5, 5.41) is 10.7. The molecule has 0 saturated heterocycles. The molecule has 0 radical (unpaired) electrons. The number of nitrogens with zero attached hydrogens (tertiary/aromatic N) is 2. The van der Waals surface area contributed by atoms with Crippen molar-refractivity contribution < 1.29 is 5.11 Å². The Hall–Kier alpha value is -0.200. The van der Waals surface area contributed by atoms with Crippen molar-refractivity contribution in [2.45, 2.75) is 6.42 Å². The highest BCUT2D eigenvalue weighted by Crippen LogP contribution is 1.84. The number of rotatable bonds is 9. The Balaban J connectivity index is 3.40. The van der Waals surface area contributed by atoms with E-state index in [0.717, 1.165) is 26.1 Å². The lowest BCUT2D eigenvalue weighted by Crippen LogP contribution is -2.43. The van der Waals surface area contributed by atoms with Crippen LogP contribution in [0.25, 0.3) is 0 Å². The van der Waals surface area contributed by atoms with Crippen LogP contribution < -0.4 is 11.2 Å². The van der Waals surface area contributed by atoms with Crippen LogP contribution in [-0.2, 0) is 0 Å². The lowest BCUT2D eigenvalue weighted by molar-refractivity contribution is 0.144. The molecule has 0 aliphatic rings. The largest absolute Gasteiger partial charge is 0.395 e. The molecule has 0 aliphatic carbocycles. The van der Waals surface area contributed by atoms with Crippen LogP contribution in [0.5, 0.6) is 0 Å². The van der Waals surface area contributed by atoms with Crippen molar-refractivity contribution in [3.05, 3.63) is 0 Å². The van der Waals surface area contributed by atoms with Crippen molar-refractivity contribution >= 4 is 0 Å².